The molecule has 1 aromatic rings. The molecule has 1 N–H and O–H groups in total. The Morgan fingerprint density at radius 1 is 1.12 bits per heavy atom. The van der Waals surface area contributed by atoms with Crippen LogP contribution in [-0.2, 0) is 6.54 Å². The molecule has 96 valence electrons. The van der Waals surface area contributed by atoms with Gasteiger partial charge in [0, 0.05) is 24.2 Å². The molecule has 0 bridgehead atoms. The van der Waals surface area contributed by atoms with Crippen molar-refractivity contribution in [2.45, 2.75) is 46.2 Å². The third-order valence-electron chi connectivity index (χ3n) is 2.83. The van der Waals surface area contributed by atoms with E-state index in [1.807, 2.05) is 0 Å². The van der Waals surface area contributed by atoms with Gasteiger partial charge in [-0.15, -0.1) is 0 Å². The van der Waals surface area contributed by atoms with Gasteiger partial charge in [-0.3, -0.25) is 0 Å². The minimum Gasteiger partial charge on any atom is -0.310 e. The summed E-state index contributed by atoms with van der Waals surface area (Å²) in [5.41, 5.74) is 0.516. The van der Waals surface area contributed by atoms with Gasteiger partial charge < -0.3 is 5.32 Å². The fourth-order valence-electron chi connectivity index (χ4n) is 1.63. The lowest BCUT2D eigenvalue weighted by atomic mass is 10.0. The van der Waals surface area contributed by atoms with Crippen LogP contribution in [0, 0.1) is 17.6 Å². The molecular weight excluding hydrogens is 220 g/mol. The second-order valence-corrected chi connectivity index (χ2v) is 4.99. The zero-order chi connectivity index (χ0) is 12.8. The lowest BCUT2D eigenvalue weighted by Gasteiger charge is -2.15. The highest BCUT2D eigenvalue weighted by molar-refractivity contribution is 5.18. The molecule has 0 aliphatic heterocycles. The molecule has 0 radical (unpaired) electrons. The summed E-state index contributed by atoms with van der Waals surface area (Å²) in [4.78, 5) is 0. The van der Waals surface area contributed by atoms with E-state index in [-0.39, 0.29) is 0 Å². The topological polar surface area (TPSA) is 12.0 Å². The first-order valence-corrected chi connectivity index (χ1v) is 6.16. The van der Waals surface area contributed by atoms with Gasteiger partial charge in [-0.1, -0.05) is 19.9 Å². The van der Waals surface area contributed by atoms with Gasteiger partial charge >= 0.3 is 0 Å². The highest BCUT2D eigenvalue weighted by Gasteiger charge is 2.06. The van der Waals surface area contributed by atoms with Crippen molar-refractivity contribution in [2.24, 2.45) is 5.92 Å². The zero-order valence-corrected chi connectivity index (χ0v) is 10.8. The first-order chi connectivity index (χ1) is 7.99. The van der Waals surface area contributed by atoms with E-state index in [1.165, 1.54) is 12.1 Å². The molecule has 0 spiro atoms. The number of halogens is 2. The van der Waals surface area contributed by atoms with Gasteiger partial charge in [0.05, 0.1) is 0 Å². The molecule has 0 saturated heterocycles. The normalized spacial score (nSPS) is 13.1. The van der Waals surface area contributed by atoms with Crippen LogP contribution in [0.5, 0.6) is 0 Å². The molecular formula is C14H21F2N. The van der Waals surface area contributed by atoms with Gasteiger partial charge in [0.15, 0.2) is 0 Å². The number of nitrogens with one attached hydrogen (secondary N) is 1. The quantitative estimate of drug-likeness (QED) is 0.797. The van der Waals surface area contributed by atoms with Crippen molar-refractivity contribution in [3.8, 4) is 0 Å². The van der Waals surface area contributed by atoms with Crippen LogP contribution < -0.4 is 5.32 Å². The van der Waals surface area contributed by atoms with E-state index in [2.05, 4.69) is 26.1 Å². The third-order valence-corrected chi connectivity index (χ3v) is 2.83. The summed E-state index contributed by atoms with van der Waals surface area (Å²) in [6, 6.07) is 4.06. The summed E-state index contributed by atoms with van der Waals surface area (Å²) in [5.74, 6) is -0.325. The van der Waals surface area contributed by atoms with Gasteiger partial charge in [-0.05, 0) is 31.7 Å². The Kier molecular flexibility index (Phi) is 5.56. The van der Waals surface area contributed by atoms with Crippen molar-refractivity contribution in [3.05, 3.63) is 35.4 Å². The maximum Gasteiger partial charge on any atom is 0.130 e. The Hall–Kier alpha value is -0.960. The summed E-state index contributed by atoms with van der Waals surface area (Å²) in [5, 5.41) is 3.25. The predicted octanol–water partition coefficient (Wildman–Crippen LogP) is 3.88. The van der Waals surface area contributed by atoms with Crippen molar-refractivity contribution in [1.82, 2.24) is 5.32 Å². The second-order valence-electron chi connectivity index (χ2n) is 4.99. The van der Waals surface area contributed by atoms with Gasteiger partial charge in [0.25, 0.3) is 0 Å². The standard InChI is InChI=1S/C14H21F2N/c1-10(2)4-5-11(3)17-9-12-6-7-13(15)8-14(12)16/h6-8,10-11,17H,4-5,9H2,1-3H3. The second kappa shape index (κ2) is 6.70. The van der Waals surface area contributed by atoms with Crippen LogP contribution in [0.1, 0.15) is 39.2 Å². The van der Waals surface area contributed by atoms with Crippen LogP contribution >= 0.6 is 0 Å². The fourth-order valence-corrected chi connectivity index (χ4v) is 1.63. The molecule has 0 aliphatic carbocycles. The summed E-state index contributed by atoms with van der Waals surface area (Å²) in [6.45, 7) is 6.91. The maximum absolute atomic E-state index is 13.3. The van der Waals surface area contributed by atoms with Gasteiger partial charge in [0.1, 0.15) is 11.6 Å². The third kappa shape index (κ3) is 5.26. The molecule has 0 aromatic heterocycles. The molecule has 1 nitrogen and oxygen atoms in total. The molecule has 1 rings (SSSR count). The Labute approximate surface area is 102 Å². The summed E-state index contributed by atoms with van der Waals surface area (Å²) in [6.07, 6.45) is 2.22. The fraction of sp³-hybridized carbons (Fsp3) is 0.571. The molecule has 0 aliphatic rings. The molecule has 1 unspecified atom stereocenters. The molecule has 0 amide bonds. The van der Waals surface area contributed by atoms with E-state index in [0.717, 1.165) is 18.9 Å². The average Bonchev–Trinajstić information content (AvgIpc) is 2.25. The molecule has 1 atom stereocenters. The van der Waals surface area contributed by atoms with Crippen molar-refractivity contribution < 1.29 is 8.78 Å². The largest absolute Gasteiger partial charge is 0.310 e. The first kappa shape index (κ1) is 14.1. The van der Waals surface area contributed by atoms with Crippen LogP contribution in [0.15, 0.2) is 18.2 Å². The van der Waals surface area contributed by atoms with E-state index >= 15 is 0 Å². The maximum atomic E-state index is 13.3. The number of benzene rings is 1. The number of hydrogen-bond acceptors (Lipinski definition) is 1. The number of hydrogen-bond donors (Lipinski definition) is 1. The molecule has 3 heteroatoms. The first-order valence-electron chi connectivity index (χ1n) is 6.16. The highest BCUT2D eigenvalue weighted by Crippen LogP contribution is 2.11. The van der Waals surface area contributed by atoms with E-state index in [1.54, 1.807) is 0 Å². The van der Waals surface area contributed by atoms with E-state index in [4.69, 9.17) is 0 Å². The lowest BCUT2D eigenvalue weighted by Crippen LogP contribution is -2.26. The van der Waals surface area contributed by atoms with Crippen LogP contribution in [-0.4, -0.2) is 6.04 Å². The SMILES string of the molecule is CC(C)CCC(C)NCc1ccc(F)cc1F. The molecule has 1 aromatic carbocycles. The van der Waals surface area contributed by atoms with Crippen molar-refractivity contribution >= 4 is 0 Å². The average molecular weight is 241 g/mol. The Morgan fingerprint density at radius 2 is 1.82 bits per heavy atom. The molecule has 17 heavy (non-hydrogen) atoms. The van der Waals surface area contributed by atoms with Crippen molar-refractivity contribution in [2.75, 3.05) is 0 Å². The van der Waals surface area contributed by atoms with Crippen LogP contribution in [0.3, 0.4) is 0 Å². The van der Waals surface area contributed by atoms with Gasteiger partial charge in [-0.2, -0.15) is 0 Å². The van der Waals surface area contributed by atoms with Crippen LogP contribution in [0.2, 0.25) is 0 Å². The zero-order valence-electron chi connectivity index (χ0n) is 10.8. The highest BCUT2D eigenvalue weighted by atomic mass is 19.1. The van der Waals surface area contributed by atoms with E-state index in [0.29, 0.717) is 24.1 Å². The van der Waals surface area contributed by atoms with Crippen LogP contribution in [0.4, 0.5) is 8.78 Å². The molecule has 0 saturated carbocycles. The number of rotatable bonds is 6. The van der Waals surface area contributed by atoms with Gasteiger partial charge in [-0.25, -0.2) is 8.78 Å². The minimum absolute atomic E-state index is 0.349. The minimum atomic E-state index is -0.529. The van der Waals surface area contributed by atoms with Gasteiger partial charge in [0.2, 0.25) is 0 Å². The summed E-state index contributed by atoms with van der Waals surface area (Å²) >= 11 is 0. The van der Waals surface area contributed by atoms with Crippen LogP contribution in [0.25, 0.3) is 0 Å². The Balaban J connectivity index is 2.39. The van der Waals surface area contributed by atoms with Crippen molar-refractivity contribution in [3.63, 3.8) is 0 Å². The molecule has 0 fully saturated rings. The Morgan fingerprint density at radius 3 is 2.41 bits per heavy atom. The Bertz CT molecular complexity index is 350. The summed E-state index contributed by atoms with van der Waals surface area (Å²) < 4.78 is 26.0. The smallest absolute Gasteiger partial charge is 0.130 e. The lowest BCUT2D eigenvalue weighted by molar-refractivity contribution is 0.445. The van der Waals surface area contributed by atoms with E-state index in [9.17, 15) is 8.78 Å². The predicted molar refractivity (Wildman–Crippen MR) is 66.7 cm³/mol. The monoisotopic (exact) mass is 241 g/mol. The summed E-state index contributed by atoms with van der Waals surface area (Å²) in [7, 11) is 0. The van der Waals surface area contributed by atoms with Crippen molar-refractivity contribution in [1.29, 1.82) is 0 Å². The van der Waals surface area contributed by atoms with E-state index < -0.39 is 11.6 Å². The molecule has 0 heterocycles.